The third kappa shape index (κ3) is 4.76. The van der Waals surface area contributed by atoms with Crippen LogP contribution < -0.4 is 5.32 Å². The largest absolute Gasteiger partial charge is 0.314 e. The first-order chi connectivity index (χ1) is 7.03. The topological polar surface area (TPSA) is 52.9 Å². The Kier molecular flexibility index (Phi) is 4.75. The van der Waals surface area contributed by atoms with Crippen molar-refractivity contribution in [2.24, 2.45) is 5.41 Å². The molecule has 86 valence electrons. The van der Waals surface area contributed by atoms with Crippen LogP contribution in [0.4, 0.5) is 0 Å². The van der Waals surface area contributed by atoms with Crippen molar-refractivity contribution < 1.29 is 4.21 Å². The maximum atomic E-state index is 11.1. The number of hydrogen-bond donors (Lipinski definition) is 1. The second kappa shape index (κ2) is 5.62. The second-order valence-electron chi connectivity index (χ2n) is 4.82. The van der Waals surface area contributed by atoms with Gasteiger partial charge < -0.3 is 5.32 Å². The van der Waals surface area contributed by atoms with Crippen molar-refractivity contribution in [3.8, 4) is 6.07 Å². The first-order valence-corrected chi connectivity index (χ1v) is 7.02. The van der Waals surface area contributed by atoms with Crippen molar-refractivity contribution in [1.29, 1.82) is 5.26 Å². The van der Waals surface area contributed by atoms with E-state index in [-0.39, 0.29) is 5.41 Å². The molecule has 1 saturated heterocycles. The predicted molar refractivity (Wildman–Crippen MR) is 62.9 cm³/mol. The maximum Gasteiger partial charge on any atom is 0.0684 e. The van der Waals surface area contributed by atoms with E-state index in [4.69, 9.17) is 5.26 Å². The Balaban J connectivity index is 2.16. The summed E-state index contributed by atoms with van der Waals surface area (Å²) in [5, 5.41) is 12.3. The molecule has 0 unspecified atom stereocenters. The van der Waals surface area contributed by atoms with Crippen molar-refractivity contribution in [1.82, 2.24) is 5.32 Å². The minimum atomic E-state index is -0.577. The molecule has 4 heteroatoms. The third-order valence-corrected chi connectivity index (χ3v) is 4.26. The fourth-order valence-corrected chi connectivity index (χ4v) is 2.94. The van der Waals surface area contributed by atoms with Crippen molar-refractivity contribution in [2.45, 2.75) is 39.2 Å². The summed E-state index contributed by atoms with van der Waals surface area (Å²) in [5.74, 6) is 1.67. The Bertz CT molecular complexity index is 260. The van der Waals surface area contributed by atoms with E-state index in [0.717, 1.165) is 37.3 Å². The van der Waals surface area contributed by atoms with E-state index in [1.807, 2.05) is 13.8 Å². The van der Waals surface area contributed by atoms with E-state index in [2.05, 4.69) is 11.4 Å². The molecule has 0 aromatic carbocycles. The Morgan fingerprint density at radius 3 is 2.60 bits per heavy atom. The Morgan fingerprint density at radius 1 is 1.47 bits per heavy atom. The predicted octanol–water partition coefficient (Wildman–Crippen LogP) is 1.43. The quantitative estimate of drug-likeness (QED) is 0.792. The smallest absolute Gasteiger partial charge is 0.0684 e. The van der Waals surface area contributed by atoms with Crippen molar-refractivity contribution >= 4 is 10.8 Å². The van der Waals surface area contributed by atoms with Crippen LogP contribution in [0.15, 0.2) is 0 Å². The van der Waals surface area contributed by atoms with Crippen LogP contribution in [-0.4, -0.2) is 28.3 Å². The van der Waals surface area contributed by atoms with Crippen LogP contribution >= 0.6 is 0 Å². The number of rotatable bonds is 4. The van der Waals surface area contributed by atoms with Gasteiger partial charge in [0.25, 0.3) is 0 Å². The van der Waals surface area contributed by atoms with Gasteiger partial charge in [0.05, 0.1) is 11.5 Å². The zero-order valence-corrected chi connectivity index (χ0v) is 10.4. The van der Waals surface area contributed by atoms with Gasteiger partial charge in [-0.15, -0.1) is 0 Å². The van der Waals surface area contributed by atoms with E-state index in [1.54, 1.807) is 0 Å². The third-order valence-electron chi connectivity index (χ3n) is 2.87. The molecule has 0 radical (unpaired) electrons. The summed E-state index contributed by atoms with van der Waals surface area (Å²) < 4.78 is 11.1. The molecule has 1 aliphatic heterocycles. The van der Waals surface area contributed by atoms with Gasteiger partial charge in [0.1, 0.15) is 0 Å². The van der Waals surface area contributed by atoms with Gasteiger partial charge in [0.15, 0.2) is 0 Å². The molecule has 3 nitrogen and oxygen atoms in total. The Labute approximate surface area is 94.7 Å². The molecule has 0 atom stereocenters. The number of nitrogens with one attached hydrogen (secondary N) is 1. The zero-order chi connectivity index (χ0) is 11.3. The van der Waals surface area contributed by atoms with E-state index >= 15 is 0 Å². The molecule has 0 aliphatic carbocycles. The fourth-order valence-electron chi connectivity index (χ4n) is 1.64. The van der Waals surface area contributed by atoms with Crippen molar-refractivity contribution in [2.75, 3.05) is 18.1 Å². The maximum absolute atomic E-state index is 11.1. The lowest BCUT2D eigenvalue weighted by Crippen LogP contribution is -2.37. The molecule has 1 rings (SSSR count). The molecule has 0 aromatic heterocycles. The summed E-state index contributed by atoms with van der Waals surface area (Å²) in [5.41, 5.74) is -0.232. The SMILES string of the molecule is CC(C)(C#N)CCNC1CCS(=O)CC1. The summed E-state index contributed by atoms with van der Waals surface area (Å²) in [4.78, 5) is 0. The highest BCUT2D eigenvalue weighted by molar-refractivity contribution is 7.85. The van der Waals surface area contributed by atoms with Crippen molar-refractivity contribution in [3.63, 3.8) is 0 Å². The van der Waals surface area contributed by atoms with Crippen LogP contribution in [0.2, 0.25) is 0 Å². The van der Waals surface area contributed by atoms with E-state index in [9.17, 15) is 4.21 Å². The zero-order valence-electron chi connectivity index (χ0n) is 9.58. The van der Waals surface area contributed by atoms with Gasteiger partial charge in [-0.1, -0.05) is 0 Å². The van der Waals surface area contributed by atoms with Crippen LogP contribution in [0.3, 0.4) is 0 Å². The number of nitriles is 1. The van der Waals surface area contributed by atoms with Crippen LogP contribution in [0.25, 0.3) is 0 Å². The summed E-state index contributed by atoms with van der Waals surface area (Å²) in [6.07, 6.45) is 2.91. The highest BCUT2D eigenvalue weighted by atomic mass is 32.2. The lowest BCUT2D eigenvalue weighted by molar-refractivity contribution is 0.395. The van der Waals surface area contributed by atoms with Crippen LogP contribution in [0.5, 0.6) is 0 Å². The molecule has 1 heterocycles. The average molecular weight is 228 g/mol. The van der Waals surface area contributed by atoms with Gasteiger partial charge in [-0.05, 0) is 39.7 Å². The molecule has 1 aliphatic rings. The molecule has 0 spiro atoms. The summed E-state index contributed by atoms with van der Waals surface area (Å²) in [7, 11) is -0.577. The first kappa shape index (κ1) is 12.7. The molecule has 0 amide bonds. The molecule has 15 heavy (non-hydrogen) atoms. The van der Waals surface area contributed by atoms with Gasteiger partial charge in [-0.3, -0.25) is 4.21 Å². The number of hydrogen-bond acceptors (Lipinski definition) is 3. The monoisotopic (exact) mass is 228 g/mol. The summed E-state index contributed by atoms with van der Waals surface area (Å²) in [6.45, 7) is 4.81. The van der Waals surface area contributed by atoms with Crippen LogP contribution in [0.1, 0.15) is 33.1 Å². The molecule has 0 bridgehead atoms. The minimum Gasteiger partial charge on any atom is -0.314 e. The molecule has 0 saturated carbocycles. The molecular formula is C11H20N2OS. The van der Waals surface area contributed by atoms with Gasteiger partial charge in [0, 0.05) is 28.3 Å². The highest BCUT2D eigenvalue weighted by Gasteiger charge is 2.19. The van der Waals surface area contributed by atoms with Gasteiger partial charge in [-0.2, -0.15) is 5.26 Å². The van der Waals surface area contributed by atoms with Gasteiger partial charge >= 0.3 is 0 Å². The normalized spacial score (nSPS) is 27.3. The standard InChI is InChI=1S/C11H20N2OS/c1-11(2,9-12)5-6-13-10-3-7-15(14)8-4-10/h10,13H,3-8H2,1-2H3. The van der Waals surface area contributed by atoms with Crippen LogP contribution in [0, 0.1) is 16.7 Å². The molecule has 1 fully saturated rings. The lowest BCUT2D eigenvalue weighted by Gasteiger charge is -2.24. The van der Waals surface area contributed by atoms with E-state index in [0.29, 0.717) is 6.04 Å². The molecule has 0 aromatic rings. The van der Waals surface area contributed by atoms with Gasteiger partial charge in [0.2, 0.25) is 0 Å². The Morgan fingerprint density at radius 2 is 2.07 bits per heavy atom. The first-order valence-electron chi connectivity index (χ1n) is 5.53. The lowest BCUT2D eigenvalue weighted by atomic mass is 9.91. The van der Waals surface area contributed by atoms with E-state index < -0.39 is 10.8 Å². The fraction of sp³-hybridized carbons (Fsp3) is 0.909. The van der Waals surface area contributed by atoms with Crippen molar-refractivity contribution in [3.05, 3.63) is 0 Å². The summed E-state index contributed by atoms with van der Waals surface area (Å²) in [6, 6.07) is 2.81. The average Bonchev–Trinajstić information content (AvgIpc) is 2.21. The summed E-state index contributed by atoms with van der Waals surface area (Å²) >= 11 is 0. The highest BCUT2D eigenvalue weighted by Crippen LogP contribution is 2.18. The second-order valence-corrected chi connectivity index (χ2v) is 6.52. The minimum absolute atomic E-state index is 0.232. The Hall–Kier alpha value is -0.400. The molecule has 1 N–H and O–H groups in total. The number of nitrogens with zero attached hydrogens (tertiary/aromatic N) is 1. The van der Waals surface area contributed by atoms with Gasteiger partial charge in [-0.25, -0.2) is 0 Å². The van der Waals surface area contributed by atoms with Crippen LogP contribution in [-0.2, 0) is 10.8 Å². The molecular weight excluding hydrogens is 208 g/mol. The van der Waals surface area contributed by atoms with E-state index in [1.165, 1.54) is 0 Å².